The van der Waals surface area contributed by atoms with E-state index in [-0.39, 0.29) is 33.8 Å². The van der Waals surface area contributed by atoms with Gasteiger partial charge in [-0.05, 0) is 56.7 Å². The van der Waals surface area contributed by atoms with Crippen molar-refractivity contribution >= 4 is 25.7 Å². The van der Waals surface area contributed by atoms with Crippen molar-refractivity contribution in [3.8, 4) is 0 Å². The summed E-state index contributed by atoms with van der Waals surface area (Å²) in [7, 11) is -8.65. The summed E-state index contributed by atoms with van der Waals surface area (Å²) in [5, 5.41) is 0. The second kappa shape index (κ2) is 13.6. The van der Waals surface area contributed by atoms with Crippen LogP contribution in [0, 0.1) is 0 Å². The first-order chi connectivity index (χ1) is 15.4. The van der Waals surface area contributed by atoms with Gasteiger partial charge < -0.3 is 26.6 Å². The molecule has 1 heterocycles. The molecule has 9 heteroatoms. The molecule has 1 fully saturated rings. The fourth-order valence-corrected chi connectivity index (χ4v) is 25.8. The Bertz CT molecular complexity index is 478. The Hall–Kier alpha value is 0.411. The first kappa shape index (κ1) is 31.4. The van der Waals surface area contributed by atoms with Crippen LogP contribution in [-0.2, 0) is 26.6 Å². The van der Waals surface area contributed by atoms with Crippen molar-refractivity contribution in [1.82, 2.24) is 0 Å². The van der Waals surface area contributed by atoms with Crippen LogP contribution in [0.2, 0.25) is 16.6 Å². The summed E-state index contributed by atoms with van der Waals surface area (Å²) in [6, 6.07) is 0. The minimum atomic E-state index is -2.88. The summed E-state index contributed by atoms with van der Waals surface area (Å²) in [4.78, 5) is 0. The van der Waals surface area contributed by atoms with E-state index < -0.39 is 25.7 Å². The topological polar surface area (TPSA) is 55.4 Å². The largest absolute Gasteiger partial charge is 0.412 e. The Morgan fingerprint density at radius 1 is 0.455 bits per heavy atom. The molecule has 0 bridgehead atoms. The van der Waals surface area contributed by atoms with Crippen molar-refractivity contribution in [2.24, 2.45) is 0 Å². The molecule has 1 rings (SSSR count). The van der Waals surface area contributed by atoms with E-state index in [1.807, 2.05) is 0 Å². The van der Waals surface area contributed by atoms with Crippen LogP contribution in [0.1, 0.15) is 102 Å². The number of hydrogen-bond acceptors (Lipinski definition) is 6. The maximum Gasteiger partial charge on any atom is 0.352 e. The average molecular weight is 523 g/mol. The van der Waals surface area contributed by atoms with Gasteiger partial charge in [0, 0.05) is 19.8 Å². The van der Waals surface area contributed by atoms with E-state index in [2.05, 4.69) is 83.1 Å². The van der Waals surface area contributed by atoms with Gasteiger partial charge in [0.15, 0.2) is 0 Å². The monoisotopic (exact) mass is 522 g/mol. The standard InChI is InChI=1S/C24H54O6Si3/c1-13-16-25-22(10)31(19(4)5)28-32(20(6)7,23(11)26-17-14-2)30-33(29-31,21(8)9)24(12)27-18-15-3/h19-24H,13-18H2,1-12H3. The molecule has 6 nitrogen and oxygen atoms in total. The molecule has 198 valence electrons. The predicted octanol–water partition coefficient (Wildman–Crippen LogP) is 6.67. The van der Waals surface area contributed by atoms with Crippen molar-refractivity contribution in [1.29, 1.82) is 0 Å². The van der Waals surface area contributed by atoms with E-state index in [0.717, 1.165) is 19.3 Å². The highest BCUT2D eigenvalue weighted by Gasteiger charge is 2.71. The summed E-state index contributed by atoms with van der Waals surface area (Å²) in [6.45, 7) is 28.4. The van der Waals surface area contributed by atoms with Gasteiger partial charge in [0.2, 0.25) is 0 Å². The zero-order valence-corrected chi connectivity index (χ0v) is 26.7. The van der Waals surface area contributed by atoms with Crippen molar-refractivity contribution in [3.63, 3.8) is 0 Å². The van der Waals surface area contributed by atoms with Crippen LogP contribution in [0.4, 0.5) is 0 Å². The lowest BCUT2D eigenvalue weighted by molar-refractivity contribution is 0.0216. The zero-order valence-electron chi connectivity index (χ0n) is 23.7. The smallest absolute Gasteiger partial charge is 0.352 e. The van der Waals surface area contributed by atoms with Crippen LogP contribution in [-0.4, -0.2) is 62.7 Å². The predicted molar refractivity (Wildman–Crippen MR) is 143 cm³/mol. The minimum Gasteiger partial charge on any atom is -0.412 e. The minimum absolute atomic E-state index is 0.102. The molecule has 3 atom stereocenters. The Labute approximate surface area is 208 Å². The molecular weight excluding hydrogens is 469 g/mol. The second-order valence-corrected chi connectivity index (χ2v) is 23.2. The van der Waals surface area contributed by atoms with Crippen molar-refractivity contribution in [2.75, 3.05) is 19.8 Å². The second-order valence-electron chi connectivity index (χ2n) is 10.5. The summed E-state index contributed by atoms with van der Waals surface area (Å²) in [5.74, 6) is 0. The molecule has 0 aromatic rings. The molecule has 0 aromatic carbocycles. The number of rotatable bonds is 15. The number of ether oxygens (including phenoxy) is 3. The van der Waals surface area contributed by atoms with Crippen LogP contribution in [0.15, 0.2) is 0 Å². The van der Waals surface area contributed by atoms with Gasteiger partial charge >= 0.3 is 25.7 Å². The van der Waals surface area contributed by atoms with Crippen molar-refractivity contribution < 1.29 is 26.6 Å². The molecule has 0 saturated carbocycles. The lowest BCUT2D eigenvalue weighted by Crippen LogP contribution is -2.81. The quantitative estimate of drug-likeness (QED) is 0.224. The van der Waals surface area contributed by atoms with Crippen LogP contribution in [0.25, 0.3) is 0 Å². The number of hydrogen-bond donors (Lipinski definition) is 0. The van der Waals surface area contributed by atoms with E-state index in [1.165, 1.54) is 0 Å². The highest BCUT2D eigenvalue weighted by molar-refractivity contribution is 6.97. The van der Waals surface area contributed by atoms with Gasteiger partial charge in [0.25, 0.3) is 0 Å². The van der Waals surface area contributed by atoms with Gasteiger partial charge in [-0.15, -0.1) is 0 Å². The van der Waals surface area contributed by atoms with E-state index in [4.69, 9.17) is 26.6 Å². The molecule has 0 N–H and O–H groups in total. The van der Waals surface area contributed by atoms with Gasteiger partial charge in [0.05, 0.1) is 17.2 Å². The Morgan fingerprint density at radius 2 is 0.667 bits per heavy atom. The first-order valence-corrected chi connectivity index (χ1v) is 19.3. The van der Waals surface area contributed by atoms with Crippen molar-refractivity contribution in [3.05, 3.63) is 0 Å². The van der Waals surface area contributed by atoms with Gasteiger partial charge in [-0.1, -0.05) is 62.3 Å². The fourth-order valence-electron chi connectivity index (χ4n) is 4.66. The third kappa shape index (κ3) is 6.80. The summed E-state index contributed by atoms with van der Waals surface area (Å²) >= 11 is 0. The lowest BCUT2D eigenvalue weighted by Gasteiger charge is -2.60. The molecule has 1 saturated heterocycles. The summed E-state index contributed by atoms with van der Waals surface area (Å²) in [6.07, 6.45) is 2.90. The van der Waals surface area contributed by atoms with Gasteiger partial charge in [-0.2, -0.15) is 0 Å². The van der Waals surface area contributed by atoms with Crippen LogP contribution < -0.4 is 0 Å². The van der Waals surface area contributed by atoms with Crippen molar-refractivity contribution in [2.45, 2.75) is 136 Å². The molecular formula is C24H54O6Si3. The zero-order chi connectivity index (χ0) is 25.4. The van der Waals surface area contributed by atoms with E-state index >= 15 is 0 Å². The maximum absolute atomic E-state index is 7.32. The molecule has 0 amide bonds. The first-order valence-electron chi connectivity index (χ1n) is 13.3. The van der Waals surface area contributed by atoms with Crippen LogP contribution >= 0.6 is 0 Å². The summed E-state index contributed by atoms with van der Waals surface area (Å²) in [5.41, 5.74) is 0.321. The highest BCUT2D eigenvalue weighted by atomic mass is 28.5. The maximum atomic E-state index is 7.32. The summed E-state index contributed by atoms with van der Waals surface area (Å²) < 4.78 is 41.1. The van der Waals surface area contributed by atoms with E-state index in [9.17, 15) is 0 Å². The Kier molecular flexibility index (Phi) is 13.0. The molecule has 33 heavy (non-hydrogen) atoms. The third-order valence-electron chi connectivity index (χ3n) is 6.79. The highest BCUT2D eigenvalue weighted by Crippen LogP contribution is 2.49. The van der Waals surface area contributed by atoms with Crippen LogP contribution in [0.3, 0.4) is 0 Å². The third-order valence-corrected chi connectivity index (χ3v) is 23.2. The van der Waals surface area contributed by atoms with E-state index in [1.54, 1.807) is 0 Å². The molecule has 0 aromatic heterocycles. The molecule has 0 spiro atoms. The molecule has 1 aliphatic heterocycles. The molecule has 1 aliphatic rings. The molecule has 3 unspecified atom stereocenters. The van der Waals surface area contributed by atoms with Gasteiger partial charge in [0.1, 0.15) is 0 Å². The lowest BCUT2D eigenvalue weighted by atomic mass is 10.5. The Morgan fingerprint density at radius 3 is 0.818 bits per heavy atom. The average Bonchev–Trinajstić information content (AvgIpc) is 2.77. The normalized spacial score (nSPS) is 31.4. The Balaban J connectivity index is 3.75. The van der Waals surface area contributed by atoms with Gasteiger partial charge in [-0.3, -0.25) is 0 Å². The molecule has 0 radical (unpaired) electrons. The SMILES string of the molecule is CCCOC(C)[Si]1(C(C)C)O[Si](C(C)C)(C(C)OCCC)O[Si](C(C)C)(C(C)OCCC)O1. The van der Waals surface area contributed by atoms with Crippen LogP contribution in [0.5, 0.6) is 0 Å². The fraction of sp³-hybridized carbons (Fsp3) is 1.00. The van der Waals surface area contributed by atoms with E-state index in [0.29, 0.717) is 19.8 Å². The van der Waals surface area contributed by atoms with Gasteiger partial charge in [-0.25, -0.2) is 0 Å². The molecule has 0 aliphatic carbocycles.